The number of rotatable bonds is 5. The Labute approximate surface area is 125 Å². The highest BCUT2D eigenvalue weighted by Gasteiger charge is 2.19. The number of nitrogens with one attached hydrogen (secondary N) is 1. The van der Waals surface area contributed by atoms with E-state index in [-0.39, 0.29) is 6.04 Å². The summed E-state index contributed by atoms with van der Waals surface area (Å²) in [6.45, 7) is 2.02. The summed E-state index contributed by atoms with van der Waals surface area (Å²) in [6.07, 6.45) is 1.72. The Morgan fingerprint density at radius 3 is 2.24 bits per heavy atom. The van der Waals surface area contributed by atoms with Crippen LogP contribution in [0, 0.1) is 6.92 Å². The van der Waals surface area contributed by atoms with Gasteiger partial charge in [0.15, 0.2) is 0 Å². The molecule has 2 aromatic rings. The Morgan fingerprint density at radius 1 is 1.14 bits per heavy atom. The van der Waals surface area contributed by atoms with Crippen molar-refractivity contribution >= 4 is 5.82 Å². The number of hydrogen-bond donors (Lipinski definition) is 2. The molecule has 1 unspecified atom stereocenters. The van der Waals surface area contributed by atoms with Gasteiger partial charge >= 0.3 is 0 Å². The van der Waals surface area contributed by atoms with Crippen molar-refractivity contribution in [2.75, 3.05) is 27.0 Å². The summed E-state index contributed by atoms with van der Waals surface area (Å²) in [5.41, 5.74) is 9.13. The molecule has 3 N–H and O–H groups in total. The normalized spacial score (nSPS) is 12.0. The van der Waals surface area contributed by atoms with E-state index >= 15 is 0 Å². The molecule has 1 atom stereocenters. The number of hydrogen-bond acceptors (Lipinski definition) is 5. The summed E-state index contributed by atoms with van der Waals surface area (Å²) >= 11 is 0. The van der Waals surface area contributed by atoms with Crippen molar-refractivity contribution in [3.63, 3.8) is 0 Å². The zero-order valence-electron chi connectivity index (χ0n) is 12.8. The summed E-state index contributed by atoms with van der Waals surface area (Å²) in [5, 5.41) is 3.29. The van der Waals surface area contributed by atoms with Crippen molar-refractivity contribution < 1.29 is 9.47 Å². The Bertz CT molecular complexity index is 586. The molecule has 0 saturated heterocycles. The number of pyridine rings is 1. The van der Waals surface area contributed by atoms with Crippen molar-refractivity contribution in [1.29, 1.82) is 0 Å². The van der Waals surface area contributed by atoms with Crippen molar-refractivity contribution in [1.82, 2.24) is 10.3 Å². The minimum absolute atomic E-state index is 0.0808. The van der Waals surface area contributed by atoms with E-state index in [0.717, 1.165) is 28.2 Å². The molecule has 112 valence electrons. The van der Waals surface area contributed by atoms with Gasteiger partial charge in [0, 0.05) is 17.8 Å². The lowest BCUT2D eigenvalue weighted by Crippen LogP contribution is -2.20. The van der Waals surface area contributed by atoms with Crippen LogP contribution in [0.3, 0.4) is 0 Å². The van der Waals surface area contributed by atoms with Gasteiger partial charge in [0.25, 0.3) is 0 Å². The zero-order chi connectivity index (χ0) is 15.4. The van der Waals surface area contributed by atoms with Crippen molar-refractivity contribution in [3.05, 3.63) is 47.2 Å². The van der Waals surface area contributed by atoms with Gasteiger partial charge < -0.3 is 20.5 Å². The quantitative estimate of drug-likeness (QED) is 0.883. The van der Waals surface area contributed by atoms with Gasteiger partial charge in [0.1, 0.15) is 17.3 Å². The number of nitrogens with two attached hydrogens (primary N) is 1. The van der Waals surface area contributed by atoms with Crippen LogP contribution in [0.25, 0.3) is 0 Å². The third-order valence-electron chi connectivity index (χ3n) is 3.52. The molecule has 2 rings (SSSR count). The average Bonchev–Trinajstić information content (AvgIpc) is 2.50. The van der Waals surface area contributed by atoms with Crippen LogP contribution in [-0.2, 0) is 0 Å². The molecule has 0 amide bonds. The average molecular weight is 287 g/mol. The van der Waals surface area contributed by atoms with E-state index in [1.165, 1.54) is 0 Å². The van der Waals surface area contributed by atoms with Crippen LogP contribution in [0.4, 0.5) is 5.82 Å². The van der Waals surface area contributed by atoms with Gasteiger partial charge in [-0.2, -0.15) is 0 Å². The van der Waals surface area contributed by atoms with Gasteiger partial charge in [-0.25, -0.2) is 4.98 Å². The second kappa shape index (κ2) is 6.45. The smallest absolute Gasteiger partial charge is 0.128 e. The van der Waals surface area contributed by atoms with Crippen LogP contribution < -0.4 is 20.5 Å². The summed E-state index contributed by atoms with van der Waals surface area (Å²) < 4.78 is 10.7. The van der Waals surface area contributed by atoms with E-state index in [1.807, 2.05) is 38.2 Å². The molecule has 21 heavy (non-hydrogen) atoms. The van der Waals surface area contributed by atoms with Crippen LogP contribution in [0.5, 0.6) is 11.5 Å². The monoisotopic (exact) mass is 287 g/mol. The second-order valence-electron chi connectivity index (χ2n) is 4.79. The Kier molecular flexibility index (Phi) is 4.65. The third kappa shape index (κ3) is 3.08. The Morgan fingerprint density at radius 2 is 1.76 bits per heavy atom. The molecular formula is C16H21N3O2. The van der Waals surface area contributed by atoms with Gasteiger partial charge in [-0.15, -0.1) is 0 Å². The molecule has 5 heteroatoms. The van der Waals surface area contributed by atoms with Gasteiger partial charge in [0.2, 0.25) is 0 Å². The highest BCUT2D eigenvalue weighted by Crippen LogP contribution is 2.32. The van der Waals surface area contributed by atoms with Crippen molar-refractivity contribution in [2.24, 2.45) is 0 Å². The molecule has 0 aliphatic carbocycles. The molecule has 0 aliphatic heterocycles. The number of aryl methyl sites for hydroxylation is 1. The summed E-state index contributed by atoms with van der Waals surface area (Å²) in [7, 11) is 5.16. The summed E-state index contributed by atoms with van der Waals surface area (Å²) in [6, 6.07) is 7.65. The van der Waals surface area contributed by atoms with E-state index in [9.17, 15) is 0 Å². The predicted octanol–water partition coefficient (Wildman–Crippen LogP) is 2.30. The maximum Gasteiger partial charge on any atom is 0.128 e. The number of aromatic nitrogens is 1. The lowest BCUT2D eigenvalue weighted by Gasteiger charge is -2.21. The first-order valence-electron chi connectivity index (χ1n) is 6.72. The van der Waals surface area contributed by atoms with E-state index in [1.54, 1.807) is 20.4 Å². The fourth-order valence-electron chi connectivity index (χ4n) is 2.44. The van der Waals surface area contributed by atoms with Crippen molar-refractivity contribution in [3.8, 4) is 11.5 Å². The standard InChI is InChI=1S/C16H21N3O2/c1-10-5-6-19-16(17)14(10)15(18-2)11-7-12(20-3)9-13(8-11)21-4/h5-9,15,18H,1-4H3,(H2,17,19). The fraction of sp³-hybridized carbons (Fsp3) is 0.312. The predicted molar refractivity (Wildman–Crippen MR) is 83.8 cm³/mol. The largest absolute Gasteiger partial charge is 0.497 e. The fourth-order valence-corrected chi connectivity index (χ4v) is 2.44. The van der Waals surface area contributed by atoms with Crippen LogP contribution in [-0.4, -0.2) is 26.3 Å². The number of benzene rings is 1. The van der Waals surface area contributed by atoms with Crippen LogP contribution in [0.15, 0.2) is 30.5 Å². The lowest BCUT2D eigenvalue weighted by molar-refractivity contribution is 0.392. The third-order valence-corrected chi connectivity index (χ3v) is 3.52. The van der Waals surface area contributed by atoms with E-state index in [0.29, 0.717) is 5.82 Å². The Hall–Kier alpha value is -2.27. The van der Waals surface area contributed by atoms with Crippen molar-refractivity contribution in [2.45, 2.75) is 13.0 Å². The maximum absolute atomic E-state index is 6.06. The molecule has 1 heterocycles. The first-order chi connectivity index (χ1) is 10.1. The molecular weight excluding hydrogens is 266 g/mol. The van der Waals surface area contributed by atoms with Gasteiger partial charge in [0.05, 0.1) is 20.3 Å². The van der Waals surface area contributed by atoms with Crippen LogP contribution in [0.1, 0.15) is 22.7 Å². The first kappa shape index (κ1) is 15.1. The van der Waals surface area contributed by atoms with E-state index in [2.05, 4.69) is 10.3 Å². The molecule has 0 radical (unpaired) electrons. The second-order valence-corrected chi connectivity index (χ2v) is 4.79. The molecule has 0 bridgehead atoms. The van der Waals surface area contributed by atoms with E-state index in [4.69, 9.17) is 15.2 Å². The zero-order valence-corrected chi connectivity index (χ0v) is 12.8. The van der Waals surface area contributed by atoms with Gasteiger partial charge in [-0.1, -0.05) is 0 Å². The molecule has 0 spiro atoms. The molecule has 0 fully saturated rings. The first-order valence-corrected chi connectivity index (χ1v) is 6.72. The molecule has 1 aromatic carbocycles. The highest BCUT2D eigenvalue weighted by atomic mass is 16.5. The summed E-state index contributed by atoms with van der Waals surface area (Å²) in [4.78, 5) is 4.19. The molecule has 0 aliphatic rings. The number of ether oxygens (including phenoxy) is 2. The molecule has 0 saturated carbocycles. The number of anilines is 1. The van der Waals surface area contributed by atoms with Crippen LogP contribution in [0.2, 0.25) is 0 Å². The van der Waals surface area contributed by atoms with Crippen LogP contribution >= 0.6 is 0 Å². The minimum atomic E-state index is -0.0808. The van der Waals surface area contributed by atoms with E-state index < -0.39 is 0 Å². The lowest BCUT2D eigenvalue weighted by atomic mass is 9.95. The number of nitrogen functional groups attached to an aromatic ring is 1. The summed E-state index contributed by atoms with van der Waals surface area (Å²) in [5.74, 6) is 2.01. The molecule has 1 aromatic heterocycles. The SMILES string of the molecule is CNC(c1cc(OC)cc(OC)c1)c1c(C)ccnc1N. The minimum Gasteiger partial charge on any atom is -0.497 e. The maximum atomic E-state index is 6.06. The van der Waals surface area contributed by atoms with Gasteiger partial charge in [-0.3, -0.25) is 0 Å². The van der Waals surface area contributed by atoms with Gasteiger partial charge in [-0.05, 0) is 43.3 Å². The number of methoxy groups -OCH3 is 2. The Balaban J connectivity index is 2.56. The number of nitrogens with zero attached hydrogens (tertiary/aromatic N) is 1. The topological polar surface area (TPSA) is 69.4 Å². The molecule has 5 nitrogen and oxygen atoms in total. The highest BCUT2D eigenvalue weighted by molar-refractivity contribution is 5.52.